The van der Waals surface area contributed by atoms with Crippen LogP contribution in [-0.2, 0) is 11.8 Å². The van der Waals surface area contributed by atoms with Gasteiger partial charge in [0.15, 0.2) is 5.65 Å². The van der Waals surface area contributed by atoms with Gasteiger partial charge in [-0.3, -0.25) is 14.0 Å². The smallest absolute Gasteiger partial charge is 0.334 e. The van der Waals surface area contributed by atoms with Gasteiger partial charge in [0.1, 0.15) is 5.69 Å². The third-order valence-electron chi connectivity index (χ3n) is 6.24. The summed E-state index contributed by atoms with van der Waals surface area (Å²) in [4.78, 5) is 32.2. The van der Waals surface area contributed by atoms with Gasteiger partial charge in [0.05, 0.1) is 30.7 Å². The fourth-order valence-corrected chi connectivity index (χ4v) is 4.50. The van der Waals surface area contributed by atoms with Gasteiger partial charge in [-0.25, -0.2) is 14.2 Å². The summed E-state index contributed by atoms with van der Waals surface area (Å²) in [7, 11) is 3.39. The molecule has 168 valence electrons. The Morgan fingerprint density at radius 3 is 2.81 bits per heavy atom. The molecular formula is C22H27N7O3. The van der Waals surface area contributed by atoms with E-state index in [4.69, 9.17) is 4.74 Å². The third kappa shape index (κ3) is 3.45. The minimum absolute atomic E-state index is 0.108. The number of nitrogens with zero attached hydrogens (tertiary/aromatic N) is 6. The Labute approximate surface area is 185 Å². The molecule has 32 heavy (non-hydrogen) atoms. The predicted molar refractivity (Wildman–Crippen MR) is 120 cm³/mol. The van der Waals surface area contributed by atoms with Gasteiger partial charge in [-0.15, -0.1) is 5.10 Å². The van der Waals surface area contributed by atoms with Gasteiger partial charge in [0, 0.05) is 38.4 Å². The first-order valence-electron chi connectivity index (χ1n) is 10.9. The van der Waals surface area contributed by atoms with Crippen molar-refractivity contribution in [1.29, 1.82) is 0 Å². The Kier molecular flexibility index (Phi) is 4.99. The first-order valence-corrected chi connectivity index (χ1v) is 10.9. The van der Waals surface area contributed by atoms with Crippen LogP contribution in [0.3, 0.4) is 0 Å². The first-order chi connectivity index (χ1) is 15.5. The van der Waals surface area contributed by atoms with Gasteiger partial charge >= 0.3 is 5.69 Å². The fourth-order valence-electron chi connectivity index (χ4n) is 4.50. The number of aromatic nitrogens is 5. The molecule has 0 spiro atoms. The lowest BCUT2D eigenvalue weighted by atomic mass is 10.1. The summed E-state index contributed by atoms with van der Waals surface area (Å²) in [6.45, 7) is 4.75. The van der Waals surface area contributed by atoms with Gasteiger partial charge in [-0.1, -0.05) is 6.58 Å². The zero-order valence-corrected chi connectivity index (χ0v) is 18.3. The highest BCUT2D eigenvalue weighted by Crippen LogP contribution is 2.40. The van der Waals surface area contributed by atoms with E-state index in [1.54, 1.807) is 38.1 Å². The summed E-state index contributed by atoms with van der Waals surface area (Å²) < 4.78 is 10.5. The average molecular weight is 438 g/mol. The van der Waals surface area contributed by atoms with Crippen LogP contribution < -0.4 is 15.7 Å². The van der Waals surface area contributed by atoms with Crippen LogP contribution >= 0.6 is 0 Å². The summed E-state index contributed by atoms with van der Waals surface area (Å²) >= 11 is 0. The summed E-state index contributed by atoms with van der Waals surface area (Å²) in [6.07, 6.45) is 10.5. The van der Waals surface area contributed by atoms with E-state index >= 15 is 0 Å². The van der Waals surface area contributed by atoms with Crippen LogP contribution in [0.15, 0.2) is 36.0 Å². The lowest BCUT2D eigenvalue weighted by Crippen LogP contribution is -2.43. The Hall–Kier alpha value is -3.56. The number of piperidine rings is 1. The molecule has 1 saturated carbocycles. The Morgan fingerprint density at radius 2 is 2.09 bits per heavy atom. The van der Waals surface area contributed by atoms with E-state index in [0.29, 0.717) is 41.9 Å². The molecule has 1 aliphatic heterocycles. The number of methoxy groups -OCH3 is 1. The molecule has 1 saturated heterocycles. The number of imidazole rings is 1. The maximum absolute atomic E-state index is 13.6. The molecule has 4 heterocycles. The highest BCUT2D eigenvalue weighted by atomic mass is 16.5. The number of nitrogens with one attached hydrogen (secondary N) is 1. The SMILES string of the molecule is C=CC(=O)N1CCCC(n2cc(Nc3cn(C)nc3OC)c3ncc(C4CC4)n3c2=O)C1. The van der Waals surface area contributed by atoms with Crippen molar-refractivity contribution in [2.75, 3.05) is 25.5 Å². The molecule has 2 aliphatic rings. The number of carbonyl (C=O) groups excluding carboxylic acids is 1. The molecule has 0 aromatic carbocycles. The minimum Gasteiger partial charge on any atom is -0.478 e. The van der Waals surface area contributed by atoms with Crippen molar-refractivity contribution in [2.24, 2.45) is 7.05 Å². The summed E-state index contributed by atoms with van der Waals surface area (Å²) in [5.41, 5.74) is 2.77. The zero-order chi connectivity index (χ0) is 22.4. The number of hydrogen-bond acceptors (Lipinski definition) is 6. The normalized spacial score (nSPS) is 18.7. The number of aryl methyl sites for hydroxylation is 1. The van der Waals surface area contributed by atoms with Crippen LogP contribution in [0.5, 0.6) is 5.88 Å². The number of ether oxygens (including phenoxy) is 1. The first kappa shape index (κ1) is 20.3. The highest BCUT2D eigenvalue weighted by Gasteiger charge is 2.31. The molecule has 3 aromatic rings. The number of carbonyl (C=O) groups is 1. The number of likely N-dealkylation sites (tertiary alicyclic amines) is 1. The van der Waals surface area contributed by atoms with E-state index in [-0.39, 0.29) is 17.6 Å². The molecule has 1 atom stereocenters. The van der Waals surface area contributed by atoms with Crippen LogP contribution in [0, 0.1) is 0 Å². The largest absolute Gasteiger partial charge is 0.478 e. The van der Waals surface area contributed by atoms with Gasteiger partial charge in [0.2, 0.25) is 5.91 Å². The van der Waals surface area contributed by atoms with Crippen LogP contribution in [-0.4, -0.2) is 54.7 Å². The van der Waals surface area contributed by atoms with Crippen molar-refractivity contribution in [1.82, 2.24) is 28.6 Å². The number of fused-ring (bicyclic) bond motifs is 1. The Balaban J connectivity index is 1.62. The molecule has 1 unspecified atom stereocenters. The summed E-state index contributed by atoms with van der Waals surface area (Å²) in [6, 6.07) is -0.129. The molecule has 1 aliphatic carbocycles. The van der Waals surface area contributed by atoms with E-state index in [1.807, 2.05) is 13.2 Å². The van der Waals surface area contributed by atoms with E-state index in [2.05, 4.69) is 22.0 Å². The van der Waals surface area contributed by atoms with Gasteiger partial charge in [-0.05, 0) is 31.8 Å². The van der Waals surface area contributed by atoms with Gasteiger partial charge < -0.3 is 15.0 Å². The number of amides is 1. The summed E-state index contributed by atoms with van der Waals surface area (Å²) in [5.74, 6) is 0.709. The fraction of sp³-hybridized carbons (Fsp3) is 0.455. The third-order valence-corrected chi connectivity index (χ3v) is 6.24. The van der Waals surface area contributed by atoms with E-state index in [0.717, 1.165) is 31.4 Å². The molecule has 1 N–H and O–H groups in total. The summed E-state index contributed by atoms with van der Waals surface area (Å²) in [5, 5.41) is 7.66. The minimum atomic E-state index is -0.129. The quantitative estimate of drug-likeness (QED) is 0.594. The molecular weight excluding hydrogens is 410 g/mol. The average Bonchev–Trinajstić information content (AvgIpc) is 3.44. The van der Waals surface area contributed by atoms with Crippen molar-refractivity contribution >= 4 is 22.9 Å². The molecule has 10 heteroatoms. The van der Waals surface area contributed by atoms with Crippen molar-refractivity contribution in [3.63, 3.8) is 0 Å². The zero-order valence-electron chi connectivity index (χ0n) is 18.3. The lowest BCUT2D eigenvalue weighted by Gasteiger charge is -2.33. The Morgan fingerprint density at radius 1 is 1.28 bits per heavy atom. The Bertz CT molecular complexity index is 1250. The number of rotatable bonds is 6. The van der Waals surface area contributed by atoms with E-state index in [9.17, 15) is 9.59 Å². The molecule has 2 fully saturated rings. The number of hydrogen-bond donors (Lipinski definition) is 1. The van der Waals surface area contributed by atoms with Crippen LogP contribution in [0.2, 0.25) is 0 Å². The lowest BCUT2D eigenvalue weighted by molar-refractivity contribution is -0.127. The van der Waals surface area contributed by atoms with Gasteiger partial charge in [0.25, 0.3) is 5.88 Å². The van der Waals surface area contributed by atoms with Crippen LogP contribution in [0.4, 0.5) is 11.4 Å². The van der Waals surface area contributed by atoms with Gasteiger partial charge in [-0.2, -0.15) is 0 Å². The molecule has 3 aromatic heterocycles. The maximum Gasteiger partial charge on any atom is 0.334 e. The van der Waals surface area contributed by atoms with Crippen LogP contribution in [0.25, 0.3) is 5.65 Å². The second-order valence-corrected chi connectivity index (χ2v) is 8.48. The van der Waals surface area contributed by atoms with Crippen molar-refractivity contribution in [3.8, 4) is 5.88 Å². The molecule has 0 radical (unpaired) electrons. The van der Waals surface area contributed by atoms with E-state index < -0.39 is 0 Å². The van der Waals surface area contributed by atoms with Crippen LogP contribution in [0.1, 0.15) is 43.3 Å². The second-order valence-electron chi connectivity index (χ2n) is 8.48. The van der Waals surface area contributed by atoms with Crippen molar-refractivity contribution in [3.05, 3.63) is 47.4 Å². The number of anilines is 2. The molecule has 5 rings (SSSR count). The molecule has 0 bridgehead atoms. The van der Waals surface area contributed by atoms with E-state index in [1.165, 1.54) is 6.08 Å². The molecule has 10 nitrogen and oxygen atoms in total. The van der Waals surface area contributed by atoms with Crippen molar-refractivity contribution < 1.29 is 9.53 Å². The topological polar surface area (TPSA) is 98.7 Å². The molecule has 1 amide bonds. The second kappa shape index (κ2) is 7.85. The van der Waals surface area contributed by atoms with Crippen molar-refractivity contribution in [2.45, 2.75) is 37.6 Å². The monoisotopic (exact) mass is 437 g/mol. The predicted octanol–water partition coefficient (Wildman–Crippen LogP) is 2.21. The standard InChI is InChI=1S/C22H27N7O3/c1-4-19(30)27-9-5-6-15(11-27)28-13-16(24-17-12-26(2)25-21(17)32-3)20-23-10-18(14-7-8-14)29(20)22(28)31/h4,10,12-15,24H,1,5-9,11H2,2-3H3. The maximum atomic E-state index is 13.6. The highest BCUT2D eigenvalue weighted by molar-refractivity contribution is 5.87.